The molecule has 0 N–H and O–H groups in total. The van der Waals surface area contributed by atoms with Crippen LogP contribution in [0.3, 0.4) is 0 Å². The second kappa shape index (κ2) is 7.96. The molecule has 0 aliphatic carbocycles. The second-order valence-electron chi connectivity index (χ2n) is 5.96. The Morgan fingerprint density at radius 2 is 1.75 bits per heavy atom. The third-order valence-electron chi connectivity index (χ3n) is 4.11. The van der Waals surface area contributed by atoms with E-state index in [4.69, 9.17) is 11.6 Å². The topological polar surface area (TPSA) is 64.8 Å². The van der Waals surface area contributed by atoms with E-state index in [9.17, 15) is 9.59 Å². The molecule has 0 bridgehead atoms. The van der Waals surface area contributed by atoms with Gasteiger partial charge in [-0.25, -0.2) is 9.97 Å². The quantitative estimate of drug-likeness (QED) is 0.278. The third-order valence-corrected chi connectivity index (χ3v) is 5.30. The van der Waals surface area contributed by atoms with Crippen molar-refractivity contribution in [3.8, 4) is 5.69 Å². The minimum Gasteiger partial charge on any atom is -0.293 e. The summed E-state index contributed by atoms with van der Waals surface area (Å²) in [6.07, 6.45) is 1.56. The number of Topliss-reactive ketones (excluding diaryl/α,β-unsaturated/α-hetero) is 1. The van der Waals surface area contributed by atoms with Gasteiger partial charge < -0.3 is 0 Å². The van der Waals surface area contributed by atoms with Crippen LogP contribution in [-0.2, 0) is 0 Å². The van der Waals surface area contributed by atoms with Crippen molar-refractivity contribution < 1.29 is 4.79 Å². The van der Waals surface area contributed by atoms with Gasteiger partial charge in [-0.15, -0.1) is 0 Å². The molecule has 4 rings (SSSR count). The molecular weight excluding hydrogens is 394 g/mol. The number of thioether (sulfide) groups is 1. The highest BCUT2D eigenvalue weighted by atomic mass is 35.5. The predicted molar refractivity (Wildman–Crippen MR) is 112 cm³/mol. The number of hydrogen-bond acceptors (Lipinski definition) is 5. The van der Waals surface area contributed by atoms with E-state index < -0.39 is 0 Å². The lowest BCUT2D eigenvalue weighted by Crippen LogP contribution is -2.23. The molecule has 0 atom stereocenters. The summed E-state index contributed by atoms with van der Waals surface area (Å²) in [6, 6.07) is 19.4. The maximum atomic E-state index is 13.1. The van der Waals surface area contributed by atoms with Crippen molar-refractivity contribution in [3.63, 3.8) is 0 Å². The zero-order valence-corrected chi connectivity index (χ0v) is 16.2. The lowest BCUT2D eigenvalue weighted by atomic mass is 10.2. The maximum absolute atomic E-state index is 13.1. The Balaban J connectivity index is 1.77. The molecule has 0 fully saturated rings. The number of carbonyl (C=O) groups excluding carboxylic acids is 1. The van der Waals surface area contributed by atoms with Crippen molar-refractivity contribution >= 4 is 40.2 Å². The van der Waals surface area contributed by atoms with Crippen LogP contribution in [0.2, 0.25) is 5.02 Å². The lowest BCUT2D eigenvalue weighted by molar-refractivity contribution is 0.102. The van der Waals surface area contributed by atoms with Crippen LogP contribution < -0.4 is 5.56 Å². The summed E-state index contributed by atoms with van der Waals surface area (Å²) in [7, 11) is 0. The molecule has 0 spiro atoms. The Hall–Kier alpha value is -2.96. The van der Waals surface area contributed by atoms with Crippen LogP contribution in [0.25, 0.3) is 16.7 Å². The van der Waals surface area contributed by atoms with Gasteiger partial charge in [0.1, 0.15) is 0 Å². The van der Waals surface area contributed by atoms with E-state index in [0.29, 0.717) is 26.9 Å². The number of hydrogen-bond donors (Lipinski definition) is 0. The van der Waals surface area contributed by atoms with Crippen LogP contribution in [0.15, 0.2) is 82.9 Å². The molecule has 2 heterocycles. The highest BCUT2D eigenvalue weighted by molar-refractivity contribution is 7.99. The third kappa shape index (κ3) is 3.69. The summed E-state index contributed by atoms with van der Waals surface area (Å²) in [5.74, 6) is 0.129. The molecule has 0 aliphatic rings. The zero-order chi connectivity index (χ0) is 19.5. The van der Waals surface area contributed by atoms with Crippen LogP contribution in [0, 0.1) is 0 Å². The van der Waals surface area contributed by atoms with E-state index >= 15 is 0 Å². The SMILES string of the molecule is O=C(CSc1nc2cccnc2c(=O)n1-c1ccc(Cl)cc1)c1ccccc1. The first-order chi connectivity index (χ1) is 13.6. The molecule has 0 saturated carbocycles. The number of nitrogens with zero attached hydrogens (tertiary/aromatic N) is 3. The highest BCUT2D eigenvalue weighted by Crippen LogP contribution is 2.22. The monoisotopic (exact) mass is 407 g/mol. The summed E-state index contributed by atoms with van der Waals surface area (Å²) in [5, 5.41) is 0.995. The summed E-state index contributed by atoms with van der Waals surface area (Å²) in [5.41, 5.74) is 1.72. The number of benzene rings is 2. The van der Waals surface area contributed by atoms with Gasteiger partial charge in [0, 0.05) is 16.8 Å². The molecule has 5 nitrogen and oxygen atoms in total. The number of halogens is 1. The highest BCUT2D eigenvalue weighted by Gasteiger charge is 2.16. The summed E-state index contributed by atoms with van der Waals surface area (Å²) < 4.78 is 1.47. The number of ketones is 1. The lowest BCUT2D eigenvalue weighted by Gasteiger charge is -2.12. The van der Waals surface area contributed by atoms with E-state index in [1.165, 1.54) is 16.3 Å². The normalized spacial score (nSPS) is 10.9. The Morgan fingerprint density at radius 1 is 1.00 bits per heavy atom. The molecule has 28 heavy (non-hydrogen) atoms. The van der Waals surface area contributed by atoms with E-state index in [2.05, 4.69) is 9.97 Å². The first-order valence-corrected chi connectivity index (χ1v) is 9.84. The number of aromatic nitrogens is 3. The van der Waals surface area contributed by atoms with Gasteiger partial charge in [-0.2, -0.15) is 0 Å². The molecular formula is C21H14ClN3O2S. The number of pyridine rings is 1. The maximum Gasteiger partial charge on any atom is 0.285 e. The van der Waals surface area contributed by atoms with Gasteiger partial charge in [-0.05, 0) is 36.4 Å². The average molecular weight is 408 g/mol. The van der Waals surface area contributed by atoms with Crippen LogP contribution in [0.4, 0.5) is 0 Å². The molecule has 0 saturated heterocycles. The number of fused-ring (bicyclic) bond motifs is 1. The van der Waals surface area contributed by atoms with Gasteiger partial charge in [0.15, 0.2) is 16.5 Å². The fourth-order valence-electron chi connectivity index (χ4n) is 2.75. The Kier molecular flexibility index (Phi) is 5.23. The average Bonchev–Trinajstić information content (AvgIpc) is 2.74. The molecule has 0 unspecified atom stereocenters. The van der Waals surface area contributed by atoms with E-state index in [0.717, 1.165) is 0 Å². The number of rotatable bonds is 5. The fourth-order valence-corrected chi connectivity index (χ4v) is 3.78. The first kappa shape index (κ1) is 18.4. The summed E-state index contributed by atoms with van der Waals surface area (Å²) >= 11 is 7.20. The van der Waals surface area contributed by atoms with Gasteiger partial charge in [-0.3, -0.25) is 14.2 Å². The van der Waals surface area contributed by atoms with E-state index in [1.54, 1.807) is 54.7 Å². The standard InChI is InChI=1S/C21H14ClN3O2S/c22-15-8-10-16(11-9-15)25-20(27)19-17(7-4-12-23-19)24-21(25)28-13-18(26)14-5-2-1-3-6-14/h1-12H,13H2. The van der Waals surface area contributed by atoms with Gasteiger partial charge in [0.25, 0.3) is 5.56 Å². The van der Waals surface area contributed by atoms with Gasteiger partial charge >= 0.3 is 0 Å². The molecule has 2 aromatic heterocycles. The van der Waals surface area contributed by atoms with Crippen LogP contribution in [0.5, 0.6) is 0 Å². The molecule has 0 radical (unpaired) electrons. The van der Waals surface area contributed by atoms with Crippen LogP contribution in [0.1, 0.15) is 10.4 Å². The van der Waals surface area contributed by atoms with Crippen molar-refractivity contribution in [1.29, 1.82) is 0 Å². The van der Waals surface area contributed by atoms with Crippen molar-refractivity contribution in [2.45, 2.75) is 5.16 Å². The Labute approximate surface area is 170 Å². The zero-order valence-electron chi connectivity index (χ0n) is 14.6. The smallest absolute Gasteiger partial charge is 0.285 e. The first-order valence-electron chi connectivity index (χ1n) is 8.48. The Bertz CT molecular complexity index is 1210. The fraction of sp³-hybridized carbons (Fsp3) is 0.0476. The van der Waals surface area contributed by atoms with Gasteiger partial charge in [0.2, 0.25) is 0 Å². The van der Waals surface area contributed by atoms with Crippen molar-refractivity contribution in [3.05, 3.63) is 93.9 Å². The van der Waals surface area contributed by atoms with Crippen molar-refractivity contribution in [1.82, 2.24) is 14.5 Å². The predicted octanol–water partition coefficient (Wildman–Crippen LogP) is 4.41. The van der Waals surface area contributed by atoms with Crippen molar-refractivity contribution in [2.75, 3.05) is 5.75 Å². The van der Waals surface area contributed by atoms with E-state index in [-0.39, 0.29) is 22.6 Å². The summed E-state index contributed by atoms with van der Waals surface area (Å²) in [6.45, 7) is 0. The molecule has 7 heteroatoms. The molecule has 0 amide bonds. The molecule has 138 valence electrons. The van der Waals surface area contributed by atoms with Gasteiger partial charge in [0.05, 0.1) is 17.0 Å². The molecule has 4 aromatic rings. The molecule has 0 aliphatic heterocycles. The van der Waals surface area contributed by atoms with Gasteiger partial charge in [-0.1, -0.05) is 53.7 Å². The molecule has 2 aromatic carbocycles. The van der Waals surface area contributed by atoms with Crippen LogP contribution >= 0.6 is 23.4 Å². The largest absolute Gasteiger partial charge is 0.293 e. The Morgan fingerprint density at radius 3 is 2.50 bits per heavy atom. The minimum absolute atomic E-state index is 0.0335. The van der Waals surface area contributed by atoms with E-state index in [1.807, 2.05) is 18.2 Å². The number of carbonyl (C=O) groups is 1. The van der Waals surface area contributed by atoms with Crippen LogP contribution in [-0.4, -0.2) is 26.1 Å². The minimum atomic E-state index is -0.289. The van der Waals surface area contributed by atoms with Crippen molar-refractivity contribution in [2.24, 2.45) is 0 Å². The second-order valence-corrected chi connectivity index (χ2v) is 7.34. The summed E-state index contributed by atoms with van der Waals surface area (Å²) in [4.78, 5) is 34.3.